The lowest BCUT2D eigenvalue weighted by molar-refractivity contribution is -0.152. The van der Waals surface area contributed by atoms with Gasteiger partial charge in [-0.3, -0.25) is 14.4 Å². The van der Waals surface area contributed by atoms with Gasteiger partial charge in [-0.05, 0) is 43.7 Å². The van der Waals surface area contributed by atoms with Crippen LogP contribution in [-0.4, -0.2) is 82.7 Å². The Morgan fingerprint density at radius 3 is 2.28 bits per heavy atom. The van der Waals surface area contributed by atoms with Crippen LogP contribution in [0.5, 0.6) is 0 Å². The van der Waals surface area contributed by atoms with Crippen LogP contribution in [0.1, 0.15) is 44.7 Å². The summed E-state index contributed by atoms with van der Waals surface area (Å²) in [4.78, 5) is 48.2. The van der Waals surface area contributed by atoms with Crippen molar-refractivity contribution < 1.29 is 24.2 Å². The van der Waals surface area contributed by atoms with Crippen molar-refractivity contribution in [3.63, 3.8) is 0 Å². The molecule has 1 aromatic carbocycles. The van der Waals surface area contributed by atoms with Crippen molar-refractivity contribution in [2.45, 2.75) is 70.7 Å². The summed E-state index contributed by atoms with van der Waals surface area (Å²) >= 11 is 0. The molecule has 0 saturated carbocycles. The molecule has 8 nitrogen and oxygen atoms in total. The van der Waals surface area contributed by atoms with Crippen LogP contribution in [-0.2, 0) is 19.1 Å². The van der Waals surface area contributed by atoms with Gasteiger partial charge in [0.15, 0.2) is 0 Å². The monoisotopic (exact) mass is 535 g/mol. The van der Waals surface area contributed by atoms with Gasteiger partial charge in [-0.1, -0.05) is 63.3 Å². The molecule has 1 N–H and O–H groups in total. The van der Waals surface area contributed by atoms with Gasteiger partial charge in [0.2, 0.25) is 11.8 Å². The maximum Gasteiger partial charge on any atom is 0.253 e. The normalized spacial score (nSPS) is 32.9. The summed E-state index contributed by atoms with van der Waals surface area (Å²) in [5.74, 6) is -2.16. The Balaban J connectivity index is 1.73. The standard InChI is InChI=1S/C31H41N3O5/c1-7-30-13-9-15-32(6)27(36)23(30)24-28(37)34(22(18-35)17-19(2)3)26-29(38)33(16-10-14-31(24,26)39-30)25-20(4)11-8-12-21(25)5/h8-14,19,22-24,26,35H,7,15-18H2,1-6H3/t22-,23-,24+,26?,30+,31+/m1/s1. The molecule has 4 heterocycles. The number of rotatable bonds is 6. The average molecular weight is 536 g/mol. The average Bonchev–Trinajstić information content (AvgIpc) is 3.20. The Kier molecular flexibility index (Phi) is 7.00. The Morgan fingerprint density at radius 2 is 1.67 bits per heavy atom. The highest BCUT2D eigenvalue weighted by Gasteiger charge is 2.75. The molecule has 8 heteroatoms. The zero-order chi connectivity index (χ0) is 28.3. The minimum absolute atomic E-state index is 0.154. The first-order valence-electron chi connectivity index (χ1n) is 14.1. The number of hydrogen-bond donors (Lipinski definition) is 1. The van der Waals surface area contributed by atoms with Crippen LogP contribution in [0.15, 0.2) is 42.5 Å². The van der Waals surface area contributed by atoms with Crippen LogP contribution in [0, 0.1) is 31.6 Å². The molecule has 0 radical (unpaired) electrons. The van der Waals surface area contributed by atoms with Crippen LogP contribution in [0.4, 0.5) is 5.69 Å². The molecule has 2 fully saturated rings. The second-order valence-corrected chi connectivity index (χ2v) is 12.0. The van der Waals surface area contributed by atoms with Gasteiger partial charge >= 0.3 is 0 Å². The molecule has 3 amide bonds. The minimum Gasteiger partial charge on any atom is -0.394 e. The third-order valence-corrected chi connectivity index (χ3v) is 9.14. The van der Waals surface area contributed by atoms with Crippen molar-refractivity contribution in [3.05, 3.63) is 53.6 Å². The molecule has 6 atom stereocenters. The summed E-state index contributed by atoms with van der Waals surface area (Å²) in [5, 5.41) is 10.5. The van der Waals surface area contributed by atoms with Gasteiger partial charge in [0.05, 0.1) is 30.1 Å². The number of nitrogens with zero attached hydrogens (tertiary/aromatic N) is 3. The molecule has 39 heavy (non-hydrogen) atoms. The molecule has 0 aliphatic carbocycles. The fourth-order valence-electron chi connectivity index (χ4n) is 7.47. The van der Waals surface area contributed by atoms with Crippen LogP contribution >= 0.6 is 0 Å². The number of aliphatic hydroxyl groups excluding tert-OH is 1. The number of likely N-dealkylation sites (tertiary alicyclic amines) is 1. The highest BCUT2D eigenvalue weighted by molar-refractivity contribution is 6.06. The number of hydrogen-bond acceptors (Lipinski definition) is 5. The molecule has 0 bridgehead atoms. The second kappa shape index (κ2) is 9.89. The summed E-state index contributed by atoms with van der Waals surface area (Å²) in [6.45, 7) is 10.5. The minimum atomic E-state index is -1.33. The first-order valence-corrected chi connectivity index (χ1v) is 14.1. The zero-order valence-electron chi connectivity index (χ0n) is 23.9. The van der Waals surface area contributed by atoms with Gasteiger partial charge in [-0.25, -0.2) is 0 Å². The van der Waals surface area contributed by atoms with Crippen molar-refractivity contribution in [2.75, 3.05) is 31.6 Å². The number of amides is 3. The highest BCUT2D eigenvalue weighted by atomic mass is 16.5. The van der Waals surface area contributed by atoms with Gasteiger partial charge in [-0.2, -0.15) is 0 Å². The Hall–Kier alpha value is -2.97. The summed E-state index contributed by atoms with van der Waals surface area (Å²) < 4.78 is 7.00. The predicted octanol–water partition coefficient (Wildman–Crippen LogP) is 3.00. The molecule has 1 unspecified atom stereocenters. The van der Waals surface area contributed by atoms with Gasteiger partial charge in [0.25, 0.3) is 5.91 Å². The summed E-state index contributed by atoms with van der Waals surface area (Å²) in [7, 11) is 1.74. The number of carbonyl (C=O) groups excluding carboxylic acids is 3. The van der Waals surface area contributed by atoms with E-state index in [4.69, 9.17) is 4.74 Å². The molecule has 210 valence electrons. The van der Waals surface area contributed by atoms with Crippen molar-refractivity contribution in [2.24, 2.45) is 17.8 Å². The molecular weight excluding hydrogens is 494 g/mol. The molecule has 4 aliphatic heterocycles. The summed E-state index contributed by atoms with van der Waals surface area (Å²) in [6, 6.07) is 4.34. The van der Waals surface area contributed by atoms with Gasteiger partial charge in [0, 0.05) is 25.8 Å². The molecular formula is C31H41N3O5. The van der Waals surface area contributed by atoms with Gasteiger partial charge < -0.3 is 24.5 Å². The number of ether oxygens (including phenoxy) is 1. The lowest BCUT2D eigenvalue weighted by atomic mass is 9.73. The second-order valence-electron chi connectivity index (χ2n) is 12.0. The lowest BCUT2D eigenvalue weighted by Gasteiger charge is -2.41. The number of aliphatic hydroxyl groups is 1. The number of benzene rings is 1. The van der Waals surface area contributed by atoms with Crippen LogP contribution in [0.25, 0.3) is 0 Å². The largest absolute Gasteiger partial charge is 0.394 e. The fourth-order valence-corrected chi connectivity index (χ4v) is 7.47. The Morgan fingerprint density at radius 1 is 1.00 bits per heavy atom. The van der Waals surface area contributed by atoms with Crippen LogP contribution < -0.4 is 4.90 Å². The quantitative estimate of drug-likeness (QED) is 0.566. The topological polar surface area (TPSA) is 90.4 Å². The smallest absolute Gasteiger partial charge is 0.253 e. The summed E-state index contributed by atoms with van der Waals surface area (Å²) in [6.07, 6.45) is 8.67. The number of aryl methyl sites for hydroxylation is 2. The first-order chi connectivity index (χ1) is 18.5. The van der Waals surface area contributed by atoms with E-state index in [1.165, 1.54) is 0 Å². The lowest BCUT2D eigenvalue weighted by Crippen LogP contribution is -2.59. The maximum atomic E-state index is 14.8. The number of fused-ring (bicyclic) bond motifs is 2. The van der Waals surface area contributed by atoms with Crippen molar-refractivity contribution in [1.29, 1.82) is 0 Å². The van der Waals surface area contributed by atoms with Crippen molar-refractivity contribution in [1.82, 2.24) is 9.80 Å². The SMILES string of the molecule is CC[C@]12C=CCN(C)C(=O)[C@H]1[C@H]1C(=O)N([C@@H](CO)CC(C)C)C3C(=O)N(c4c(C)cccc4C)CC=C[C@@]31O2. The molecule has 4 aliphatic rings. The van der Waals surface area contributed by atoms with Gasteiger partial charge in [0.1, 0.15) is 11.6 Å². The third-order valence-electron chi connectivity index (χ3n) is 9.14. The molecule has 2 saturated heterocycles. The van der Waals surface area contributed by atoms with E-state index in [-0.39, 0.29) is 30.2 Å². The van der Waals surface area contributed by atoms with E-state index in [1.807, 2.05) is 77.1 Å². The number of anilines is 1. The van der Waals surface area contributed by atoms with E-state index in [2.05, 4.69) is 0 Å². The van der Waals surface area contributed by atoms with E-state index in [9.17, 15) is 19.5 Å². The van der Waals surface area contributed by atoms with E-state index in [1.54, 1.807) is 21.7 Å². The van der Waals surface area contributed by atoms with Crippen molar-refractivity contribution in [3.8, 4) is 0 Å². The van der Waals surface area contributed by atoms with E-state index >= 15 is 0 Å². The zero-order valence-corrected chi connectivity index (χ0v) is 23.9. The van der Waals surface area contributed by atoms with Crippen LogP contribution in [0.3, 0.4) is 0 Å². The fraction of sp³-hybridized carbons (Fsp3) is 0.581. The first kappa shape index (κ1) is 27.6. The van der Waals surface area contributed by atoms with E-state index in [0.29, 0.717) is 25.9 Å². The maximum absolute atomic E-state index is 14.8. The van der Waals surface area contributed by atoms with E-state index in [0.717, 1.165) is 16.8 Å². The van der Waals surface area contributed by atoms with Crippen LogP contribution in [0.2, 0.25) is 0 Å². The third kappa shape index (κ3) is 3.98. The molecule has 1 spiro atoms. The molecule has 1 aromatic rings. The predicted molar refractivity (Wildman–Crippen MR) is 149 cm³/mol. The molecule has 5 rings (SSSR count). The Bertz CT molecular complexity index is 1220. The van der Waals surface area contributed by atoms with E-state index < -0.39 is 35.1 Å². The summed E-state index contributed by atoms with van der Waals surface area (Å²) in [5.41, 5.74) is 0.407. The number of likely N-dealkylation sites (N-methyl/N-ethyl adjacent to an activating group) is 1. The highest BCUT2D eigenvalue weighted by Crippen LogP contribution is 2.59. The number of para-hydroxylation sites is 1. The Labute approximate surface area is 231 Å². The molecule has 0 aromatic heterocycles. The number of carbonyl (C=O) groups is 3. The van der Waals surface area contributed by atoms with Crippen molar-refractivity contribution >= 4 is 23.4 Å². The van der Waals surface area contributed by atoms with Gasteiger partial charge in [-0.15, -0.1) is 0 Å².